The number of rotatable bonds is 4. The predicted octanol–water partition coefficient (Wildman–Crippen LogP) is 2.30. The minimum absolute atomic E-state index is 0.0645. The van der Waals surface area contributed by atoms with E-state index in [1.807, 2.05) is 30.2 Å². The molecule has 1 unspecified atom stereocenters. The summed E-state index contributed by atoms with van der Waals surface area (Å²) in [5, 5.41) is 3.18. The largest absolute Gasteiger partial charge is 0.486 e. The zero-order valence-corrected chi connectivity index (χ0v) is 14.8. The molecule has 2 aliphatic heterocycles. The summed E-state index contributed by atoms with van der Waals surface area (Å²) in [6.45, 7) is 3.73. The van der Waals surface area contributed by atoms with Crippen LogP contribution in [0.5, 0.6) is 11.5 Å². The first-order valence-electron chi connectivity index (χ1n) is 7.88. The fourth-order valence-corrected chi connectivity index (χ4v) is 3.56. The SMILES string of the molecule is CNCC1CCN(C(=O)/C=C/c2cc(Br)c3c(c2)OCCO3)C1. The molecule has 1 aromatic rings. The lowest BCUT2D eigenvalue weighted by Crippen LogP contribution is -2.28. The number of fused-ring (bicyclic) bond motifs is 1. The second-order valence-corrected chi connectivity index (χ2v) is 6.71. The van der Waals surface area contributed by atoms with Crippen LogP contribution in [0.4, 0.5) is 0 Å². The van der Waals surface area contributed by atoms with Crippen LogP contribution in [0.15, 0.2) is 22.7 Å². The third kappa shape index (κ3) is 3.87. The summed E-state index contributed by atoms with van der Waals surface area (Å²) in [5.74, 6) is 2.07. The molecule has 0 bridgehead atoms. The van der Waals surface area contributed by atoms with Gasteiger partial charge in [-0.05, 0) is 65.6 Å². The predicted molar refractivity (Wildman–Crippen MR) is 92.8 cm³/mol. The second-order valence-electron chi connectivity index (χ2n) is 5.86. The molecule has 0 radical (unpaired) electrons. The Hall–Kier alpha value is -1.53. The molecule has 0 saturated carbocycles. The molecule has 1 fully saturated rings. The molecule has 0 spiro atoms. The van der Waals surface area contributed by atoms with Crippen LogP contribution in [-0.4, -0.2) is 50.7 Å². The molecule has 0 aliphatic carbocycles. The van der Waals surface area contributed by atoms with Crippen molar-refractivity contribution in [1.29, 1.82) is 0 Å². The van der Waals surface area contributed by atoms with Gasteiger partial charge >= 0.3 is 0 Å². The van der Waals surface area contributed by atoms with Crippen molar-refractivity contribution in [3.05, 3.63) is 28.2 Å². The summed E-state index contributed by atoms with van der Waals surface area (Å²) in [7, 11) is 1.95. The standard InChI is InChI=1S/C17H21BrN2O3/c1-19-10-13-4-5-20(11-13)16(21)3-2-12-8-14(18)17-15(9-12)22-6-7-23-17/h2-3,8-9,13,19H,4-7,10-11H2,1H3/b3-2+. The van der Waals surface area contributed by atoms with Gasteiger partial charge in [0.05, 0.1) is 4.47 Å². The number of ether oxygens (including phenoxy) is 2. The van der Waals surface area contributed by atoms with Gasteiger partial charge in [-0.1, -0.05) is 0 Å². The molecule has 1 atom stereocenters. The maximum atomic E-state index is 12.3. The van der Waals surface area contributed by atoms with E-state index in [1.54, 1.807) is 6.08 Å². The molecule has 3 rings (SSSR count). The zero-order chi connectivity index (χ0) is 16.2. The van der Waals surface area contributed by atoms with E-state index in [2.05, 4.69) is 21.2 Å². The van der Waals surface area contributed by atoms with E-state index >= 15 is 0 Å². The average Bonchev–Trinajstić information content (AvgIpc) is 3.02. The van der Waals surface area contributed by atoms with Crippen LogP contribution < -0.4 is 14.8 Å². The maximum Gasteiger partial charge on any atom is 0.246 e. The van der Waals surface area contributed by atoms with Gasteiger partial charge in [-0.3, -0.25) is 4.79 Å². The van der Waals surface area contributed by atoms with E-state index in [-0.39, 0.29) is 5.91 Å². The van der Waals surface area contributed by atoms with Crippen LogP contribution >= 0.6 is 15.9 Å². The second kappa shape index (κ2) is 7.36. The van der Waals surface area contributed by atoms with Crippen LogP contribution in [0.2, 0.25) is 0 Å². The minimum Gasteiger partial charge on any atom is -0.486 e. The van der Waals surface area contributed by atoms with E-state index < -0.39 is 0 Å². The van der Waals surface area contributed by atoms with Gasteiger partial charge in [-0.2, -0.15) is 0 Å². The summed E-state index contributed by atoms with van der Waals surface area (Å²) >= 11 is 3.49. The topological polar surface area (TPSA) is 50.8 Å². The number of nitrogens with one attached hydrogen (secondary N) is 1. The van der Waals surface area contributed by atoms with Gasteiger partial charge in [0.15, 0.2) is 11.5 Å². The van der Waals surface area contributed by atoms with E-state index in [0.717, 1.165) is 41.8 Å². The summed E-state index contributed by atoms with van der Waals surface area (Å²) in [6, 6.07) is 3.84. The van der Waals surface area contributed by atoms with E-state index in [4.69, 9.17) is 9.47 Å². The van der Waals surface area contributed by atoms with Gasteiger partial charge in [0.2, 0.25) is 5.91 Å². The number of nitrogens with zero attached hydrogens (tertiary/aromatic N) is 1. The van der Waals surface area contributed by atoms with Crippen molar-refractivity contribution >= 4 is 27.9 Å². The van der Waals surface area contributed by atoms with E-state index in [9.17, 15) is 4.79 Å². The molecule has 1 saturated heterocycles. The number of hydrogen-bond donors (Lipinski definition) is 1. The van der Waals surface area contributed by atoms with Gasteiger partial charge in [0.1, 0.15) is 13.2 Å². The molecule has 1 N–H and O–H groups in total. The Balaban J connectivity index is 1.66. The molecular weight excluding hydrogens is 360 g/mol. The molecular formula is C17H21BrN2O3. The molecule has 2 aliphatic rings. The maximum absolute atomic E-state index is 12.3. The van der Waals surface area contributed by atoms with Crippen LogP contribution in [0.1, 0.15) is 12.0 Å². The zero-order valence-electron chi connectivity index (χ0n) is 13.2. The highest BCUT2D eigenvalue weighted by Gasteiger charge is 2.24. The van der Waals surface area contributed by atoms with Crippen molar-refractivity contribution < 1.29 is 14.3 Å². The van der Waals surface area contributed by atoms with Crippen LogP contribution in [0.25, 0.3) is 6.08 Å². The fraction of sp³-hybridized carbons (Fsp3) is 0.471. The molecule has 1 aromatic carbocycles. The Morgan fingerprint density at radius 2 is 2.26 bits per heavy atom. The smallest absolute Gasteiger partial charge is 0.246 e. The lowest BCUT2D eigenvalue weighted by atomic mass is 10.1. The van der Waals surface area contributed by atoms with Crippen molar-refractivity contribution in [1.82, 2.24) is 10.2 Å². The summed E-state index contributed by atoms with van der Waals surface area (Å²) in [4.78, 5) is 14.2. The minimum atomic E-state index is 0.0645. The van der Waals surface area contributed by atoms with Gasteiger partial charge < -0.3 is 19.7 Å². The first-order chi connectivity index (χ1) is 11.2. The normalized spacial score (nSPS) is 20.3. The molecule has 6 heteroatoms. The number of amides is 1. The van der Waals surface area contributed by atoms with Gasteiger partial charge in [0.25, 0.3) is 0 Å². The van der Waals surface area contributed by atoms with Gasteiger partial charge in [0, 0.05) is 19.2 Å². The highest BCUT2D eigenvalue weighted by molar-refractivity contribution is 9.10. The van der Waals surface area contributed by atoms with Crippen molar-refractivity contribution in [2.24, 2.45) is 5.92 Å². The van der Waals surface area contributed by atoms with E-state index in [1.165, 1.54) is 0 Å². The van der Waals surface area contributed by atoms with Crippen LogP contribution in [0.3, 0.4) is 0 Å². The third-order valence-corrected chi connectivity index (χ3v) is 4.72. The molecule has 1 amide bonds. The number of likely N-dealkylation sites (tertiary alicyclic amines) is 1. The molecule has 23 heavy (non-hydrogen) atoms. The fourth-order valence-electron chi connectivity index (χ4n) is 2.99. The molecule has 2 heterocycles. The Morgan fingerprint density at radius 1 is 1.43 bits per heavy atom. The highest BCUT2D eigenvalue weighted by atomic mass is 79.9. The average molecular weight is 381 g/mol. The van der Waals surface area contributed by atoms with Crippen LogP contribution in [0, 0.1) is 5.92 Å². The van der Waals surface area contributed by atoms with E-state index in [0.29, 0.717) is 24.9 Å². The summed E-state index contributed by atoms with van der Waals surface area (Å²) in [5.41, 5.74) is 0.917. The van der Waals surface area contributed by atoms with Crippen molar-refractivity contribution in [2.45, 2.75) is 6.42 Å². The summed E-state index contributed by atoms with van der Waals surface area (Å²) < 4.78 is 12.0. The lowest BCUT2D eigenvalue weighted by Gasteiger charge is -2.20. The first-order valence-corrected chi connectivity index (χ1v) is 8.67. The number of benzene rings is 1. The number of halogens is 1. The number of carbonyl (C=O) groups excluding carboxylic acids is 1. The first kappa shape index (κ1) is 16.3. The van der Waals surface area contributed by atoms with Crippen molar-refractivity contribution in [3.63, 3.8) is 0 Å². The van der Waals surface area contributed by atoms with Gasteiger partial charge in [-0.15, -0.1) is 0 Å². The summed E-state index contributed by atoms with van der Waals surface area (Å²) in [6.07, 6.45) is 4.53. The molecule has 5 nitrogen and oxygen atoms in total. The molecule has 0 aromatic heterocycles. The Morgan fingerprint density at radius 3 is 3.09 bits per heavy atom. The van der Waals surface area contributed by atoms with Crippen molar-refractivity contribution in [3.8, 4) is 11.5 Å². The number of hydrogen-bond acceptors (Lipinski definition) is 4. The molecule has 124 valence electrons. The highest BCUT2D eigenvalue weighted by Crippen LogP contribution is 2.38. The third-order valence-electron chi connectivity index (χ3n) is 4.13. The monoisotopic (exact) mass is 380 g/mol. The lowest BCUT2D eigenvalue weighted by molar-refractivity contribution is -0.125. The quantitative estimate of drug-likeness (QED) is 0.814. The van der Waals surface area contributed by atoms with Gasteiger partial charge in [-0.25, -0.2) is 0 Å². The number of carbonyl (C=O) groups is 1. The Labute approximate surface area is 144 Å². The van der Waals surface area contributed by atoms with Crippen molar-refractivity contribution in [2.75, 3.05) is 39.9 Å². The van der Waals surface area contributed by atoms with Crippen LogP contribution in [-0.2, 0) is 4.79 Å². The Bertz CT molecular complexity index is 618. The Kier molecular flexibility index (Phi) is 5.23.